The molecule has 2 rings (SSSR count). The van der Waals surface area contributed by atoms with Crippen LogP contribution in [0.3, 0.4) is 0 Å². The minimum atomic E-state index is -0.354. The smallest absolute Gasteiger partial charge is 0.117 e. The standard InChI is InChI=1S/C6H4BF.C5H10O/c7-5-3-1-2-4-6(5)8;1-6-5-3-2-4-5/h1-4H;5H,2-4H2,1H3. The Hall–Kier alpha value is -0.825. The van der Waals surface area contributed by atoms with Crippen LogP contribution in [0.2, 0.25) is 0 Å². The summed E-state index contributed by atoms with van der Waals surface area (Å²) in [6.45, 7) is 0. The molecule has 0 unspecified atom stereocenters. The second kappa shape index (κ2) is 5.81. The van der Waals surface area contributed by atoms with Gasteiger partial charge in [-0.05, 0) is 25.3 Å². The predicted octanol–water partition coefficient (Wildman–Crippen LogP) is 1.80. The molecule has 74 valence electrons. The first-order chi connectivity index (χ1) is 6.74. The predicted molar refractivity (Wildman–Crippen MR) is 56.4 cm³/mol. The molecule has 0 atom stereocenters. The maximum atomic E-state index is 12.2. The lowest BCUT2D eigenvalue weighted by Gasteiger charge is -2.22. The molecule has 2 radical (unpaired) electrons. The largest absolute Gasteiger partial charge is 0.381 e. The van der Waals surface area contributed by atoms with Gasteiger partial charge in [0.25, 0.3) is 0 Å². The number of halogens is 1. The molecule has 1 fully saturated rings. The average Bonchev–Trinajstić information content (AvgIpc) is 2.09. The van der Waals surface area contributed by atoms with Crippen molar-refractivity contribution in [2.75, 3.05) is 7.11 Å². The van der Waals surface area contributed by atoms with Gasteiger partial charge in [0, 0.05) is 7.11 Å². The van der Waals surface area contributed by atoms with E-state index in [-0.39, 0.29) is 11.3 Å². The Balaban J connectivity index is 0.000000146. The van der Waals surface area contributed by atoms with E-state index in [1.807, 2.05) is 0 Å². The minimum Gasteiger partial charge on any atom is -0.381 e. The first-order valence-corrected chi connectivity index (χ1v) is 4.77. The Labute approximate surface area is 85.7 Å². The molecule has 1 aliphatic carbocycles. The van der Waals surface area contributed by atoms with Crippen molar-refractivity contribution < 1.29 is 9.13 Å². The number of rotatable bonds is 1. The molecule has 0 N–H and O–H groups in total. The Morgan fingerprint density at radius 2 is 2.00 bits per heavy atom. The van der Waals surface area contributed by atoms with Gasteiger partial charge in [0.2, 0.25) is 0 Å². The molecule has 3 heteroatoms. The Kier molecular flexibility index (Phi) is 4.67. The average molecular weight is 192 g/mol. The molecule has 0 heterocycles. The SMILES string of the molecule is COC1CCC1.[B]c1ccccc1F. The van der Waals surface area contributed by atoms with Crippen molar-refractivity contribution in [1.82, 2.24) is 0 Å². The Morgan fingerprint density at radius 1 is 1.36 bits per heavy atom. The molecule has 0 saturated heterocycles. The lowest BCUT2D eigenvalue weighted by Crippen LogP contribution is -2.18. The fourth-order valence-electron chi connectivity index (χ4n) is 1.08. The summed E-state index contributed by atoms with van der Waals surface area (Å²) in [6, 6.07) is 6.15. The molecule has 0 spiro atoms. The quantitative estimate of drug-likeness (QED) is 0.616. The van der Waals surface area contributed by atoms with Crippen molar-refractivity contribution in [3.63, 3.8) is 0 Å². The molecule has 0 aromatic heterocycles. The summed E-state index contributed by atoms with van der Waals surface area (Å²) in [6.07, 6.45) is 4.57. The number of hydrogen-bond acceptors (Lipinski definition) is 1. The summed E-state index contributed by atoms with van der Waals surface area (Å²) < 4.78 is 17.2. The first kappa shape index (κ1) is 11.3. The summed E-state index contributed by atoms with van der Waals surface area (Å²) in [5, 5.41) is 0. The van der Waals surface area contributed by atoms with Crippen LogP contribution in [0.25, 0.3) is 0 Å². The van der Waals surface area contributed by atoms with Gasteiger partial charge in [-0.2, -0.15) is 0 Å². The van der Waals surface area contributed by atoms with Gasteiger partial charge in [0.1, 0.15) is 13.7 Å². The van der Waals surface area contributed by atoms with Crippen LogP contribution >= 0.6 is 0 Å². The maximum absolute atomic E-state index is 12.2. The fourth-order valence-corrected chi connectivity index (χ4v) is 1.08. The summed E-state index contributed by atoms with van der Waals surface area (Å²) in [7, 11) is 6.93. The highest BCUT2D eigenvalue weighted by Crippen LogP contribution is 2.20. The number of methoxy groups -OCH3 is 1. The molecule has 0 amide bonds. The fraction of sp³-hybridized carbons (Fsp3) is 0.455. The van der Waals surface area contributed by atoms with Crippen molar-refractivity contribution in [3.05, 3.63) is 30.1 Å². The third kappa shape index (κ3) is 3.50. The van der Waals surface area contributed by atoms with Crippen LogP contribution in [0.5, 0.6) is 0 Å². The van der Waals surface area contributed by atoms with Crippen molar-refractivity contribution >= 4 is 13.3 Å². The highest BCUT2D eigenvalue weighted by molar-refractivity contribution is 6.32. The van der Waals surface area contributed by atoms with Crippen LogP contribution in [0.1, 0.15) is 19.3 Å². The molecule has 14 heavy (non-hydrogen) atoms. The highest BCUT2D eigenvalue weighted by Gasteiger charge is 2.14. The monoisotopic (exact) mass is 192 g/mol. The van der Waals surface area contributed by atoms with Crippen LogP contribution < -0.4 is 5.46 Å². The minimum absolute atomic E-state index is 0.201. The molecule has 1 aromatic carbocycles. The molecule has 0 bridgehead atoms. The van der Waals surface area contributed by atoms with E-state index >= 15 is 0 Å². The topological polar surface area (TPSA) is 9.23 Å². The van der Waals surface area contributed by atoms with E-state index in [1.54, 1.807) is 19.2 Å². The van der Waals surface area contributed by atoms with E-state index < -0.39 is 0 Å². The highest BCUT2D eigenvalue weighted by atomic mass is 19.1. The first-order valence-electron chi connectivity index (χ1n) is 4.77. The molecular formula is C11H14BFO. The third-order valence-corrected chi connectivity index (χ3v) is 2.29. The van der Waals surface area contributed by atoms with Gasteiger partial charge >= 0.3 is 0 Å². The van der Waals surface area contributed by atoms with Gasteiger partial charge in [-0.25, -0.2) is 4.39 Å². The molecular weight excluding hydrogens is 178 g/mol. The third-order valence-electron chi connectivity index (χ3n) is 2.29. The van der Waals surface area contributed by atoms with Crippen LogP contribution in [0.15, 0.2) is 24.3 Å². The number of hydrogen-bond donors (Lipinski definition) is 0. The normalized spacial score (nSPS) is 15.3. The Morgan fingerprint density at radius 3 is 2.21 bits per heavy atom. The van der Waals surface area contributed by atoms with Crippen LogP contribution in [-0.4, -0.2) is 21.1 Å². The van der Waals surface area contributed by atoms with E-state index in [1.165, 1.54) is 31.4 Å². The molecule has 1 nitrogen and oxygen atoms in total. The van der Waals surface area contributed by atoms with Gasteiger partial charge in [0.05, 0.1) is 6.10 Å². The van der Waals surface area contributed by atoms with E-state index in [0.717, 1.165) is 0 Å². The van der Waals surface area contributed by atoms with Crippen molar-refractivity contribution in [2.24, 2.45) is 0 Å². The van der Waals surface area contributed by atoms with Gasteiger partial charge in [0.15, 0.2) is 0 Å². The molecule has 0 aliphatic heterocycles. The van der Waals surface area contributed by atoms with Gasteiger partial charge in [-0.15, -0.1) is 0 Å². The summed E-state index contributed by atoms with van der Waals surface area (Å²) in [5.74, 6) is -0.354. The number of benzene rings is 1. The zero-order valence-corrected chi connectivity index (χ0v) is 8.37. The van der Waals surface area contributed by atoms with Gasteiger partial charge in [-0.1, -0.05) is 23.7 Å². The molecule has 1 saturated carbocycles. The van der Waals surface area contributed by atoms with E-state index in [0.29, 0.717) is 6.10 Å². The van der Waals surface area contributed by atoms with Crippen molar-refractivity contribution in [1.29, 1.82) is 0 Å². The second-order valence-electron chi connectivity index (χ2n) is 3.31. The molecule has 1 aromatic rings. The lowest BCUT2D eigenvalue weighted by molar-refractivity contribution is 0.0412. The summed E-state index contributed by atoms with van der Waals surface area (Å²) >= 11 is 0. The Bertz CT molecular complexity index is 250. The zero-order chi connectivity index (χ0) is 10.4. The van der Waals surface area contributed by atoms with Crippen LogP contribution in [0.4, 0.5) is 4.39 Å². The maximum Gasteiger partial charge on any atom is 0.117 e. The summed E-state index contributed by atoms with van der Waals surface area (Å²) in [4.78, 5) is 0. The summed E-state index contributed by atoms with van der Waals surface area (Å²) in [5.41, 5.74) is 0.201. The van der Waals surface area contributed by atoms with Gasteiger partial charge in [-0.3, -0.25) is 0 Å². The van der Waals surface area contributed by atoms with Crippen LogP contribution in [-0.2, 0) is 4.74 Å². The van der Waals surface area contributed by atoms with E-state index in [4.69, 9.17) is 12.6 Å². The van der Waals surface area contributed by atoms with Crippen molar-refractivity contribution in [3.8, 4) is 0 Å². The number of ether oxygens (including phenoxy) is 1. The van der Waals surface area contributed by atoms with Crippen LogP contribution in [0, 0.1) is 5.82 Å². The van der Waals surface area contributed by atoms with E-state index in [9.17, 15) is 4.39 Å². The lowest BCUT2D eigenvalue weighted by atomic mass is 9.96. The second-order valence-corrected chi connectivity index (χ2v) is 3.31. The van der Waals surface area contributed by atoms with Crippen molar-refractivity contribution in [2.45, 2.75) is 25.4 Å². The zero-order valence-electron chi connectivity index (χ0n) is 8.37. The molecule has 1 aliphatic rings. The van der Waals surface area contributed by atoms with Gasteiger partial charge < -0.3 is 4.74 Å². The van der Waals surface area contributed by atoms with E-state index in [2.05, 4.69) is 0 Å².